The summed E-state index contributed by atoms with van der Waals surface area (Å²) in [4.78, 5) is 12.9. The first-order valence-corrected chi connectivity index (χ1v) is 7.20. The Hall–Kier alpha value is -0.580. The highest BCUT2D eigenvalue weighted by atomic mass is 35.5. The SMILES string of the molecule is CC(c1csc(Cl)c1)N(CCC(=O)O)C(C)(C)C. The minimum absolute atomic E-state index is 0.0801. The Morgan fingerprint density at radius 1 is 1.56 bits per heavy atom. The van der Waals surface area contributed by atoms with Crippen LogP contribution in [0.15, 0.2) is 11.4 Å². The van der Waals surface area contributed by atoms with Crippen LogP contribution in [0.1, 0.15) is 45.7 Å². The quantitative estimate of drug-likeness (QED) is 0.889. The summed E-state index contributed by atoms with van der Waals surface area (Å²) in [5.41, 5.74) is 1.06. The zero-order valence-electron chi connectivity index (χ0n) is 11.2. The van der Waals surface area contributed by atoms with Gasteiger partial charge in [-0.3, -0.25) is 9.69 Å². The molecule has 18 heavy (non-hydrogen) atoms. The van der Waals surface area contributed by atoms with E-state index in [1.165, 1.54) is 11.3 Å². The fourth-order valence-corrected chi connectivity index (χ4v) is 3.03. The summed E-state index contributed by atoms with van der Waals surface area (Å²) in [6.07, 6.45) is 0.152. The molecule has 1 aromatic heterocycles. The van der Waals surface area contributed by atoms with Gasteiger partial charge in [0.15, 0.2) is 0 Å². The highest BCUT2D eigenvalue weighted by Gasteiger charge is 2.27. The minimum atomic E-state index is -0.764. The van der Waals surface area contributed by atoms with E-state index in [4.69, 9.17) is 16.7 Å². The summed E-state index contributed by atoms with van der Waals surface area (Å²) < 4.78 is 0.768. The minimum Gasteiger partial charge on any atom is -0.481 e. The molecule has 0 saturated carbocycles. The maximum Gasteiger partial charge on any atom is 0.304 e. The predicted molar refractivity (Wildman–Crippen MR) is 76.5 cm³/mol. The van der Waals surface area contributed by atoms with Crippen molar-refractivity contribution in [3.05, 3.63) is 21.3 Å². The van der Waals surface area contributed by atoms with Crippen LogP contribution in [0.3, 0.4) is 0 Å². The van der Waals surface area contributed by atoms with Crippen molar-refractivity contribution in [1.29, 1.82) is 0 Å². The molecule has 0 spiro atoms. The molecule has 0 aliphatic rings. The fraction of sp³-hybridized carbons (Fsp3) is 0.615. The van der Waals surface area contributed by atoms with Gasteiger partial charge in [0.1, 0.15) is 0 Å². The average Bonchev–Trinajstić information content (AvgIpc) is 2.62. The van der Waals surface area contributed by atoms with E-state index in [0.717, 1.165) is 9.90 Å². The molecule has 0 saturated heterocycles. The molecular formula is C13H20ClNO2S. The molecule has 0 aliphatic carbocycles. The van der Waals surface area contributed by atoms with Crippen LogP contribution in [0, 0.1) is 0 Å². The number of carboxylic acids is 1. The number of nitrogens with zero attached hydrogens (tertiary/aromatic N) is 1. The van der Waals surface area contributed by atoms with Crippen molar-refractivity contribution in [3.63, 3.8) is 0 Å². The number of hydrogen-bond acceptors (Lipinski definition) is 3. The van der Waals surface area contributed by atoms with E-state index in [2.05, 4.69) is 32.6 Å². The van der Waals surface area contributed by atoms with Gasteiger partial charge in [-0.1, -0.05) is 11.6 Å². The Balaban J connectivity index is 2.85. The number of aliphatic carboxylic acids is 1. The van der Waals surface area contributed by atoms with Crippen LogP contribution in [0.2, 0.25) is 4.34 Å². The van der Waals surface area contributed by atoms with Crippen molar-refractivity contribution >= 4 is 28.9 Å². The zero-order valence-corrected chi connectivity index (χ0v) is 12.8. The van der Waals surface area contributed by atoms with Crippen LogP contribution in [0.25, 0.3) is 0 Å². The topological polar surface area (TPSA) is 40.5 Å². The number of carbonyl (C=O) groups is 1. The lowest BCUT2D eigenvalue weighted by molar-refractivity contribution is -0.137. The van der Waals surface area contributed by atoms with Crippen molar-refractivity contribution in [2.45, 2.75) is 45.7 Å². The molecule has 1 unspecified atom stereocenters. The van der Waals surface area contributed by atoms with Crippen molar-refractivity contribution < 1.29 is 9.90 Å². The lowest BCUT2D eigenvalue weighted by Gasteiger charge is -2.40. The van der Waals surface area contributed by atoms with Crippen molar-refractivity contribution in [2.75, 3.05) is 6.54 Å². The van der Waals surface area contributed by atoms with Crippen LogP contribution < -0.4 is 0 Å². The van der Waals surface area contributed by atoms with Crippen molar-refractivity contribution in [1.82, 2.24) is 4.90 Å². The molecule has 1 atom stereocenters. The molecule has 3 nitrogen and oxygen atoms in total. The second-order valence-electron chi connectivity index (χ2n) is 5.37. The highest BCUT2D eigenvalue weighted by molar-refractivity contribution is 7.14. The zero-order chi connectivity index (χ0) is 13.9. The summed E-state index contributed by atoms with van der Waals surface area (Å²) >= 11 is 7.46. The third-order valence-electron chi connectivity index (χ3n) is 2.97. The van der Waals surface area contributed by atoms with Gasteiger partial charge < -0.3 is 5.11 Å². The van der Waals surface area contributed by atoms with Gasteiger partial charge in [0.25, 0.3) is 0 Å². The van der Waals surface area contributed by atoms with Crippen LogP contribution in [0.4, 0.5) is 0 Å². The first-order valence-electron chi connectivity index (χ1n) is 5.94. The number of thiophene rings is 1. The summed E-state index contributed by atoms with van der Waals surface area (Å²) in [5, 5.41) is 10.9. The Morgan fingerprint density at radius 3 is 2.56 bits per heavy atom. The highest BCUT2D eigenvalue weighted by Crippen LogP contribution is 2.32. The van der Waals surface area contributed by atoms with Gasteiger partial charge in [0.2, 0.25) is 0 Å². The molecule has 0 fully saturated rings. The number of halogens is 1. The molecule has 0 bridgehead atoms. The van der Waals surface area contributed by atoms with Crippen molar-refractivity contribution in [3.8, 4) is 0 Å². The third-order valence-corrected chi connectivity index (χ3v) is 4.08. The number of carboxylic acid groups (broad SMARTS) is 1. The Labute approximate surface area is 117 Å². The molecule has 5 heteroatoms. The number of rotatable bonds is 5. The van der Waals surface area contributed by atoms with Crippen LogP contribution in [-0.2, 0) is 4.79 Å². The van der Waals surface area contributed by atoms with Crippen LogP contribution in [-0.4, -0.2) is 28.1 Å². The Morgan fingerprint density at radius 2 is 2.17 bits per heavy atom. The lowest BCUT2D eigenvalue weighted by Crippen LogP contribution is -2.44. The maximum atomic E-state index is 10.7. The van der Waals surface area contributed by atoms with E-state index in [-0.39, 0.29) is 18.0 Å². The molecule has 0 aromatic carbocycles. The first-order chi connectivity index (χ1) is 8.21. The van der Waals surface area contributed by atoms with Gasteiger partial charge in [-0.25, -0.2) is 0 Å². The average molecular weight is 290 g/mol. The van der Waals surface area contributed by atoms with E-state index in [0.29, 0.717) is 6.54 Å². The fourth-order valence-electron chi connectivity index (χ4n) is 2.05. The second-order valence-corrected chi connectivity index (χ2v) is 6.91. The van der Waals surface area contributed by atoms with Gasteiger partial charge in [0, 0.05) is 18.1 Å². The van der Waals surface area contributed by atoms with E-state index in [9.17, 15) is 4.79 Å². The summed E-state index contributed by atoms with van der Waals surface area (Å²) in [5.74, 6) is -0.764. The molecular weight excluding hydrogens is 270 g/mol. The van der Waals surface area contributed by atoms with Crippen LogP contribution >= 0.6 is 22.9 Å². The Kier molecular flexibility index (Phi) is 5.20. The first kappa shape index (κ1) is 15.5. The maximum absolute atomic E-state index is 10.7. The largest absolute Gasteiger partial charge is 0.481 e. The predicted octanol–water partition coefficient (Wildman–Crippen LogP) is 4.04. The molecule has 1 aromatic rings. The van der Waals surface area contributed by atoms with E-state index in [1.807, 2.05) is 11.4 Å². The number of hydrogen-bond donors (Lipinski definition) is 1. The molecule has 1 N–H and O–H groups in total. The summed E-state index contributed by atoms with van der Waals surface area (Å²) in [6, 6.07) is 2.12. The second kappa shape index (κ2) is 6.04. The third kappa shape index (κ3) is 4.26. The Bertz CT molecular complexity index is 411. The standard InChI is InChI=1S/C13H20ClNO2S/c1-9(10-7-11(14)18-8-10)15(13(2,3)4)6-5-12(16)17/h7-9H,5-6H2,1-4H3,(H,16,17). The van der Waals surface area contributed by atoms with Gasteiger partial charge in [-0.2, -0.15) is 0 Å². The van der Waals surface area contributed by atoms with Gasteiger partial charge >= 0.3 is 5.97 Å². The normalized spacial score (nSPS) is 13.9. The molecule has 0 amide bonds. The van der Waals surface area contributed by atoms with Gasteiger partial charge in [-0.15, -0.1) is 11.3 Å². The monoisotopic (exact) mass is 289 g/mol. The van der Waals surface area contributed by atoms with Gasteiger partial charge in [0.05, 0.1) is 10.8 Å². The smallest absolute Gasteiger partial charge is 0.304 e. The molecule has 0 aliphatic heterocycles. The molecule has 1 heterocycles. The molecule has 102 valence electrons. The summed E-state index contributed by atoms with van der Waals surface area (Å²) in [7, 11) is 0. The van der Waals surface area contributed by atoms with Crippen molar-refractivity contribution in [2.24, 2.45) is 0 Å². The molecule has 0 radical (unpaired) electrons. The van der Waals surface area contributed by atoms with E-state index in [1.54, 1.807) is 0 Å². The lowest BCUT2D eigenvalue weighted by atomic mass is 10.00. The van der Waals surface area contributed by atoms with Crippen LogP contribution in [0.5, 0.6) is 0 Å². The summed E-state index contributed by atoms with van der Waals surface area (Å²) in [6.45, 7) is 8.91. The molecule has 1 rings (SSSR count). The van der Waals surface area contributed by atoms with Gasteiger partial charge in [-0.05, 0) is 44.7 Å². The van der Waals surface area contributed by atoms with E-state index < -0.39 is 5.97 Å². The van der Waals surface area contributed by atoms with E-state index >= 15 is 0 Å².